The predicted octanol–water partition coefficient (Wildman–Crippen LogP) is 3.36. The van der Waals surface area contributed by atoms with Crippen LogP contribution in [0.2, 0.25) is 0 Å². The molecule has 0 radical (unpaired) electrons. The number of hydrazone groups is 1. The van der Waals surface area contributed by atoms with Gasteiger partial charge in [-0.25, -0.2) is 20.0 Å². The molecule has 11 nitrogen and oxygen atoms in total. The normalized spacial score (nSPS) is 11.7. The second-order valence-corrected chi connectivity index (χ2v) is 7.86. The van der Waals surface area contributed by atoms with E-state index in [0.717, 1.165) is 5.56 Å². The van der Waals surface area contributed by atoms with Crippen LogP contribution in [0.3, 0.4) is 0 Å². The SMILES string of the molecule is O=C(N[C@@H](Cc1cnc[nH]1)C(=O)N/N=C\c1ccc(-c2ccc(C(=O)O)cc2)o1)OCc1ccccc1. The first-order valence-electron chi connectivity index (χ1n) is 11.2. The summed E-state index contributed by atoms with van der Waals surface area (Å²) in [6.45, 7) is 0.0586. The van der Waals surface area contributed by atoms with Crippen molar-refractivity contribution in [3.8, 4) is 11.3 Å². The minimum absolute atomic E-state index is 0.0586. The van der Waals surface area contributed by atoms with Crippen molar-refractivity contribution in [2.75, 3.05) is 0 Å². The summed E-state index contributed by atoms with van der Waals surface area (Å²) >= 11 is 0. The predicted molar refractivity (Wildman–Crippen MR) is 133 cm³/mol. The minimum Gasteiger partial charge on any atom is -0.478 e. The first-order chi connectivity index (χ1) is 18.0. The van der Waals surface area contributed by atoms with Crippen molar-refractivity contribution < 1.29 is 28.6 Å². The van der Waals surface area contributed by atoms with E-state index in [9.17, 15) is 14.4 Å². The third-order valence-corrected chi connectivity index (χ3v) is 5.21. The molecule has 0 aliphatic carbocycles. The third-order valence-electron chi connectivity index (χ3n) is 5.21. The number of aromatic carboxylic acids is 1. The topological polar surface area (TPSA) is 159 Å². The van der Waals surface area contributed by atoms with Gasteiger partial charge in [0.25, 0.3) is 5.91 Å². The van der Waals surface area contributed by atoms with E-state index in [1.54, 1.807) is 30.5 Å². The first kappa shape index (κ1) is 24.9. The molecule has 2 heterocycles. The summed E-state index contributed by atoms with van der Waals surface area (Å²) in [4.78, 5) is 42.9. The van der Waals surface area contributed by atoms with Crippen LogP contribution < -0.4 is 10.7 Å². The summed E-state index contributed by atoms with van der Waals surface area (Å²) in [5.41, 5.74) is 4.70. The minimum atomic E-state index is -1.01. The Bertz CT molecular complexity index is 1360. The quantitative estimate of drug-likeness (QED) is 0.191. The van der Waals surface area contributed by atoms with Gasteiger partial charge in [-0.05, 0) is 29.8 Å². The van der Waals surface area contributed by atoms with Crippen LogP contribution in [0.5, 0.6) is 0 Å². The number of imidazole rings is 1. The maximum absolute atomic E-state index is 12.8. The lowest BCUT2D eigenvalue weighted by atomic mass is 10.1. The van der Waals surface area contributed by atoms with E-state index >= 15 is 0 Å². The lowest BCUT2D eigenvalue weighted by Crippen LogP contribution is -2.47. The number of carboxylic acid groups (broad SMARTS) is 1. The molecule has 2 aromatic carbocycles. The van der Waals surface area contributed by atoms with Crippen molar-refractivity contribution in [2.24, 2.45) is 5.10 Å². The van der Waals surface area contributed by atoms with Crippen LogP contribution in [0.4, 0.5) is 4.79 Å². The van der Waals surface area contributed by atoms with Gasteiger partial charge in [0, 0.05) is 23.9 Å². The average Bonchev–Trinajstić information content (AvgIpc) is 3.60. The molecule has 0 saturated heterocycles. The van der Waals surface area contributed by atoms with E-state index in [-0.39, 0.29) is 18.6 Å². The Balaban J connectivity index is 1.35. The number of amides is 2. The van der Waals surface area contributed by atoms with Gasteiger partial charge in [-0.15, -0.1) is 0 Å². The lowest BCUT2D eigenvalue weighted by Gasteiger charge is -2.16. The molecule has 188 valence electrons. The fourth-order valence-electron chi connectivity index (χ4n) is 3.32. The van der Waals surface area contributed by atoms with E-state index < -0.39 is 24.0 Å². The van der Waals surface area contributed by atoms with Gasteiger partial charge in [0.2, 0.25) is 0 Å². The molecule has 4 rings (SSSR count). The Labute approximate surface area is 211 Å². The summed E-state index contributed by atoms with van der Waals surface area (Å²) in [6.07, 6.45) is 3.72. The van der Waals surface area contributed by atoms with Gasteiger partial charge in [-0.2, -0.15) is 5.10 Å². The van der Waals surface area contributed by atoms with Crippen LogP contribution >= 0.6 is 0 Å². The van der Waals surface area contributed by atoms with E-state index in [4.69, 9.17) is 14.3 Å². The second-order valence-electron chi connectivity index (χ2n) is 7.86. The van der Waals surface area contributed by atoms with E-state index in [1.807, 2.05) is 30.3 Å². The molecule has 0 saturated carbocycles. The summed E-state index contributed by atoms with van der Waals surface area (Å²) in [5, 5.41) is 15.5. The summed E-state index contributed by atoms with van der Waals surface area (Å²) < 4.78 is 10.9. The lowest BCUT2D eigenvalue weighted by molar-refractivity contribution is -0.123. The molecule has 0 aliphatic rings. The Morgan fingerprint density at radius 3 is 2.57 bits per heavy atom. The number of ether oxygens (including phenoxy) is 1. The molecule has 0 fully saturated rings. The Kier molecular flexibility index (Phi) is 8.07. The zero-order valence-corrected chi connectivity index (χ0v) is 19.5. The first-order valence-corrected chi connectivity index (χ1v) is 11.2. The summed E-state index contributed by atoms with van der Waals surface area (Å²) in [6, 6.07) is 17.8. The number of carbonyl (C=O) groups is 3. The number of alkyl carbamates (subject to hydrolysis) is 1. The highest BCUT2D eigenvalue weighted by Crippen LogP contribution is 2.22. The van der Waals surface area contributed by atoms with Crippen molar-refractivity contribution in [1.82, 2.24) is 20.7 Å². The number of carbonyl (C=O) groups excluding carboxylic acids is 2. The van der Waals surface area contributed by atoms with Crippen molar-refractivity contribution in [3.05, 3.63) is 102 Å². The van der Waals surface area contributed by atoms with Crippen LogP contribution in [-0.4, -0.2) is 45.3 Å². The molecule has 11 heteroatoms. The monoisotopic (exact) mass is 501 g/mol. The van der Waals surface area contributed by atoms with Gasteiger partial charge >= 0.3 is 12.1 Å². The standard InChI is InChI=1S/C26H23N5O6/c32-24(31-29-14-21-10-11-23(37-21)18-6-8-19(9-7-18)25(33)34)22(12-20-13-27-16-28-20)30-26(35)36-15-17-4-2-1-3-5-17/h1-11,13-14,16,22H,12,15H2,(H,27,28)(H,30,35)(H,31,32)(H,33,34)/b29-14-/t22-/m0/s1. The largest absolute Gasteiger partial charge is 0.478 e. The Morgan fingerprint density at radius 1 is 1.08 bits per heavy atom. The van der Waals surface area contributed by atoms with Crippen molar-refractivity contribution in [3.63, 3.8) is 0 Å². The van der Waals surface area contributed by atoms with Gasteiger partial charge in [0.15, 0.2) is 0 Å². The van der Waals surface area contributed by atoms with Crippen LogP contribution in [-0.2, 0) is 22.6 Å². The number of benzene rings is 2. The van der Waals surface area contributed by atoms with Crippen molar-refractivity contribution in [1.29, 1.82) is 0 Å². The maximum Gasteiger partial charge on any atom is 0.408 e. The molecule has 4 aromatic rings. The summed E-state index contributed by atoms with van der Waals surface area (Å²) in [5.74, 6) is -0.722. The third kappa shape index (κ3) is 7.15. The van der Waals surface area contributed by atoms with Gasteiger partial charge in [-0.1, -0.05) is 42.5 Å². The molecule has 0 unspecified atom stereocenters. The summed E-state index contributed by atoms with van der Waals surface area (Å²) in [7, 11) is 0. The van der Waals surface area contributed by atoms with Crippen molar-refractivity contribution in [2.45, 2.75) is 19.1 Å². The average molecular weight is 501 g/mol. The van der Waals surface area contributed by atoms with Gasteiger partial charge in [0.1, 0.15) is 24.2 Å². The molecular formula is C26H23N5O6. The Morgan fingerprint density at radius 2 is 1.86 bits per heavy atom. The van der Waals surface area contributed by atoms with Crippen LogP contribution in [0, 0.1) is 0 Å². The molecule has 37 heavy (non-hydrogen) atoms. The van der Waals surface area contributed by atoms with Crippen LogP contribution in [0.15, 0.2) is 88.8 Å². The molecule has 0 bridgehead atoms. The van der Waals surface area contributed by atoms with Crippen molar-refractivity contribution >= 4 is 24.2 Å². The molecule has 4 N–H and O–H groups in total. The molecule has 1 atom stereocenters. The number of hydrogen-bond donors (Lipinski definition) is 4. The number of aromatic nitrogens is 2. The number of rotatable bonds is 10. The number of carboxylic acids is 1. The zero-order valence-electron chi connectivity index (χ0n) is 19.5. The molecule has 0 aliphatic heterocycles. The molecular weight excluding hydrogens is 478 g/mol. The highest BCUT2D eigenvalue weighted by molar-refractivity contribution is 5.88. The highest BCUT2D eigenvalue weighted by Gasteiger charge is 2.22. The number of furan rings is 1. The van der Waals surface area contributed by atoms with Gasteiger partial charge in [-0.3, -0.25) is 4.79 Å². The second kappa shape index (κ2) is 12.0. The number of aromatic amines is 1. The molecule has 2 amide bonds. The van der Waals surface area contributed by atoms with Gasteiger partial charge in [0.05, 0.1) is 18.1 Å². The van der Waals surface area contributed by atoms with Crippen LogP contribution in [0.1, 0.15) is 27.4 Å². The number of nitrogens with one attached hydrogen (secondary N) is 3. The van der Waals surface area contributed by atoms with E-state index in [1.165, 1.54) is 24.7 Å². The Hall–Kier alpha value is -5.19. The fraction of sp³-hybridized carbons (Fsp3) is 0.115. The maximum atomic E-state index is 12.8. The van der Waals surface area contributed by atoms with E-state index in [0.29, 0.717) is 22.8 Å². The van der Waals surface area contributed by atoms with Crippen LogP contribution in [0.25, 0.3) is 11.3 Å². The van der Waals surface area contributed by atoms with Gasteiger partial charge < -0.3 is 24.6 Å². The highest BCUT2D eigenvalue weighted by atomic mass is 16.5. The molecule has 2 aromatic heterocycles. The number of H-pyrrole nitrogens is 1. The van der Waals surface area contributed by atoms with E-state index in [2.05, 4.69) is 25.8 Å². The molecule has 0 spiro atoms. The number of hydrogen-bond acceptors (Lipinski definition) is 7. The fourth-order valence-corrected chi connectivity index (χ4v) is 3.32. The number of nitrogens with zero attached hydrogens (tertiary/aromatic N) is 2. The zero-order chi connectivity index (χ0) is 26.0. The smallest absolute Gasteiger partial charge is 0.408 e.